The second-order valence-electron chi connectivity index (χ2n) is 19.4. The van der Waals surface area contributed by atoms with Crippen LogP contribution in [0.3, 0.4) is 0 Å². The van der Waals surface area contributed by atoms with E-state index in [-0.39, 0.29) is 5.41 Å². The minimum atomic E-state index is 0.175. The molecule has 7 aromatic carbocycles. The van der Waals surface area contributed by atoms with Crippen LogP contribution in [0.1, 0.15) is 98.7 Å². The maximum absolute atomic E-state index is 5.69. The highest BCUT2D eigenvalue weighted by Gasteiger charge is 2.66. The van der Waals surface area contributed by atoms with Gasteiger partial charge in [-0.25, -0.2) is 0 Å². The van der Waals surface area contributed by atoms with Gasteiger partial charge in [0.05, 0.1) is 7.11 Å². The van der Waals surface area contributed by atoms with Crippen LogP contribution in [-0.2, 0) is 18.3 Å². The molecular weight excluding hydrogens is 619 g/mol. The van der Waals surface area contributed by atoms with Crippen molar-refractivity contribution < 1.29 is 4.74 Å². The number of benzene rings is 5. The third-order valence-corrected chi connectivity index (χ3v) is 18.1. The number of hydrogen-bond donors (Lipinski definition) is 0. The summed E-state index contributed by atoms with van der Waals surface area (Å²) >= 11 is 0. The molecule has 1 saturated carbocycles. The molecule has 0 radical (unpaired) electrons. The highest BCUT2D eigenvalue weighted by Crippen LogP contribution is 2.77. The van der Waals surface area contributed by atoms with E-state index in [0.717, 1.165) is 11.7 Å². The maximum atomic E-state index is 5.69. The van der Waals surface area contributed by atoms with Crippen LogP contribution in [0.4, 0.5) is 0 Å². The van der Waals surface area contributed by atoms with Crippen LogP contribution in [-0.4, -0.2) is 25.6 Å². The quantitative estimate of drug-likeness (QED) is 0.173. The molecule has 1 aliphatic heterocycles. The van der Waals surface area contributed by atoms with Crippen LogP contribution in [0.5, 0.6) is 5.75 Å². The van der Waals surface area contributed by atoms with Gasteiger partial charge in [0.2, 0.25) is 0 Å². The largest absolute Gasteiger partial charge is 0.497 e. The minimum Gasteiger partial charge on any atom is -0.497 e. The molecule has 0 N–H and O–H groups in total. The van der Waals surface area contributed by atoms with E-state index >= 15 is 0 Å². The zero-order valence-corrected chi connectivity index (χ0v) is 28.8. The summed E-state index contributed by atoms with van der Waals surface area (Å²) in [5, 5.41) is 19.2. The molecule has 2 fully saturated rings. The molecule has 1 saturated heterocycles. The van der Waals surface area contributed by atoms with E-state index < -0.39 is 0 Å². The van der Waals surface area contributed by atoms with Crippen molar-refractivity contribution in [2.75, 3.05) is 20.7 Å². The van der Waals surface area contributed by atoms with Gasteiger partial charge in [0.25, 0.3) is 0 Å². The van der Waals surface area contributed by atoms with Crippen LogP contribution in [0.25, 0.3) is 70.6 Å². The standard InChI is InChI=1S/C49H33NO/c1-50-15-49-14-23-12-21-10-18-7-17-8-20-9-19-11-22-13-25(46(49)48(50)16-3-5-24(51-2)6-4-16)33-38-29(22)28(19)35-30(20)34-26(17)27(18)36-31(21)37-32(23)47(49)45(33)44-42(37)40(36)39(34)41(35)43(38)44/h3-6,8,10,13,19,21-23,28,31,46,48H,7,9,11-12,14-15H2,1-2H3. The Kier molecular flexibility index (Phi) is 3.08. The van der Waals surface area contributed by atoms with Gasteiger partial charge in [0.1, 0.15) is 5.75 Å². The Hall–Kier alpha value is -4.40. The summed E-state index contributed by atoms with van der Waals surface area (Å²) in [4.78, 5) is 2.80. The highest BCUT2D eigenvalue weighted by atomic mass is 16.5. The van der Waals surface area contributed by atoms with Crippen molar-refractivity contribution in [3.63, 3.8) is 0 Å². The zero-order chi connectivity index (χ0) is 32.0. The number of ether oxygens (including phenoxy) is 1. The van der Waals surface area contributed by atoms with Gasteiger partial charge in [0, 0.05) is 41.7 Å². The molecule has 2 heteroatoms. The van der Waals surface area contributed by atoms with Gasteiger partial charge in [0.15, 0.2) is 0 Å². The van der Waals surface area contributed by atoms with Crippen LogP contribution in [0.15, 0.2) is 42.5 Å². The van der Waals surface area contributed by atoms with Gasteiger partial charge in [-0.2, -0.15) is 0 Å². The first-order chi connectivity index (χ1) is 25.1. The lowest BCUT2D eigenvalue weighted by atomic mass is 9.60. The molecule has 51 heavy (non-hydrogen) atoms. The number of fused-ring (bicyclic) bond motifs is 1. The minimum absolute atomic E-state index is 0.175. The molecule has 1 heterocycles. The van der Waals surface area contributed by atoms with Gasteiger partial charge in [-0.05, 0) is 200 Å². The van der Waals surface area contributed by atoms with Gasteiger partial charge in [-0.3, -0.25) is 4.90 Å². The van der Waals surface area contributed by atoms with E-state index in [2.05, 4.69) is 54.4 Å². The molecule has 1 spiro atoms. The maximum Gasteiger partial charge on any atom is 0.118 e. The molecule has 240 valence electrons. The third kappa shape index (κ3) is 1.90. The van der Waals surface area contributed by atoms with E-state index in [9.17, 15) is 0 Å². The Balaban J connectivity index is 1.13. The molecule has 0 aromatic heterocycles. The van der Waals surface area contributed by atoms with E-state index in [1.54, 1.807) is 105 Å². The molecule has 11 aliphatic rings. The zero-order valence-electron chi connectivity index (χ0n) is 28.8. The molecule has 7 aromatic rings. The molecule has 2 nitrogen and oxygen atoms in total. The fourth-order valence-corrected chi connectivity index (χ4v) is 17.6. The van der Waals surface area contributed by atoms with Gasteiger partial charge < -0.3 is 4.74 Å². The fourth-order valence-electron chi connectivity index (χ4n) is 17.6. The molecular formula is C49H33NO. The van der Waals surface area contributed by atoms with Gasteiger partial charge in [-0.1, -0.05) is 30.4 Å². The van der Waals surface area contributed by atoms with Crippen molar-refractivity contribution in [2.45, 2.75) is 61.3 Å². The Bertz CT molecular complexity index is 3250. The first kappa shape index (κ1) is 24.0. The SMILES string of the molecule is COc1ccc(C2C3C4=CC5CC6Cc7cc8c9c%10c%11c%12c%13c%14c%15c(c%16c4c4c(c%17c(c7c9c%12%17)C6C=45)c%16%13)C3(CC%15CC(C=C%10C8)C%14%11)CN2C)cc1. The summed E-state index contributed by atoms with van der Waals surface area (Å²) in [6, 6.07) is 12.4. The highest BCUT2D eigenvalue weighted by molar-refractivity contribution is 6.47. The average Bonchev–Trinajstić information content (AvgIpc) is 3.98. The van der Waals surface area contributed by atoms with Crippen molar-refractivity contribution in [3.8, 4) is 5.75 Å². The van der Waals surface area contributed by atoms with Crippen molar-refractivity contribution in [1.29, 1.82) is 0 Å². The number of hydrogen-bond acceptors (Lipinski definition) is 2. The Morgan fingerprint density at radius 2 is 1.61 bits per heavy atom. The first-order valence-electron chi connectivity index (χ1n) is 20.1. The molecule has 10 aliphatic carbocycles. The molecule has 0 amide bonds. The summed E-state index contributed by atoms with van der Waals surface area (Å²) in [6.07, 6.45) is 12.3. The Morgan fingerprint density at radius 3 is 2.51 bits per heavy atom. The second kappa shape index (κ2) is 6.56. The fraction of sp³-hybridized carbons (Fsp3) is 0.347. The Labute approximate surface area is 294 Å². The average molecular weight is 652 g/mol. The summed E-state index contributed by atoms with van der Waals surface area (Å²) in [6.45, 7) is 1.18. The second-order valence-corrected chi connectivity index (χ2v) is 19.4. The summed E-state index contributed by atoms with van der Waals surface area (Å²) < 4.78 is 5.69. The monoisotopic (exact) mass is 651 g/mol. The number of likely N-dealkylation sites (N-methyl/N-ethyl adjacent to an activating group) is 1. The predicted molar refractivity (Wildman–Crippen MR) is 204 cm³/mol. The summed E-state index contributed by atoms with van der Waals surface area (Å²) in [5.74, 6) is 5.29. The summed E-state index contributed by atoms with van der Waals surface area (Å²) in [7, 11) is 4.27. The van der Waals surface area contributed by atoms with Gasteiger partial charge in [-0.15, -0.1) is 0 Å². The van der Waals surface area contributed by atoms with E-state index in [0.29, 0.717) is 41.5 Å². The van der Waals surface area contributed by atoms with Crippen LogP contribution < -0.4 is 9.96 Å². The Morgan fingerprint density at radius 1 is 0.765 bits per heavy atom. The van der Waals surface area contributed by atoms with Crippen LogP contribution in [0.2, 0.25) is 0 Å². The topological polar surface area (TPSA) is 12.5 Å². The van der Waals surface area contributed by atoms with E-state index in [1.807, 2.05) is 27.8 Å². The lowest BCUT2D eigenvalue weighted by molar-refractivity contribution is 0.298. The van der Waals surface area contributed by atoms with E-state index in [4.69, 9.17) is 4.74 Å². The normalized spacial score (nSPS) is 36.2. The number of allylic oxidation sites excluding steroid dienone is 3. The predicted octanol–water partition coefficient (Wildman–Crippen LogP) is 9.35. The van der Waals surface area contributed by atoms with Crippen molar-refractivity contribution >= 4 is 70.6 Å². The third-order valence-electron chi connectivity index (χ3n) is 18.1. The van der Waals surface area contributed by atoms with Gasteiger partial charge >= 0.3 is 0 Å². The molecule has 0 bridgehead atoms. The van der Waals surface area contributed by atoms with Crippen molar-refractivity contribution in [1.82, 2.24) is 4.90 Å². The number of rotatable bonds is 2. The number of nitrogens with zero attached hydrogens (tertiary/aromatic N) is 1. The van der Waals surface area contributed by atoms with Crippen molar-refractivity contribution in [2.24, 2.45) is 23.7 Å². The molecule has 18 rings (SSSR count). The smallest absolute Gasteiger partial charge is 0.118 e. The van der Waals surface area contributed by atoms with E-state index in [1.165, 1.54) is 44.2 Å². The summed E-state index contributed by atoms with van der Waals surface area (Å²) in [5.41, 5.74) is 23.0. The molecule has 9 unspecified atom stereocenters. The lowest BCUT2D eigenvalue weighted by Crippen LogP contribution is -2.39. The molecule has 9 atom stereocenters. The number of methoxy groups -OCH3 is 1. The number of likely N-dealkylation sites (tertiary alicyclic amines) is 1. The van der Waals surface area contributed by atoms with Crippen molar-refractivity contribution in [3.05, 3.63) is 103 Å². The van der Waals surface area contributed by atoms with Crippen LogP contribution in [0, 0.1) is 23.7 Å². The lowest BCUT2D eigenvalue weighted by Gasteiger charge is -2.42. The first-order valence-corrected chi connectivity index (χ1v) is 20.1. The van der Waals surface area contributed by atoms with Crippen LogP contribution >= 0.6 is 0 Å².